The smallest absolute Gasteiger partial charge is 0.251 e. The molecule has 0 aromatic heterocycles. The zero-order valence-corrected chi connectivity index (χ0v) is 18.3. The topological polar surface area (TPSA) is 104 Å². The van der Waals surface area contributed by atoms with Crippen molar-refractivity contribution in [2.24, 2.45) is 23.2 Å². The van der Waals surface area contributed by atoms with Crippen LogP contribution in [0.2, 0.25) is 0 Å². The molecule has 1 aromatic carbocycles. The van der Waals surface area contributed by atoms with Gasteiger partial charge in [0.05, 0.1) is 6.26 Å². The molecule has 2 amide bonds. The van der Waals surface area contributed by atoms with E-state index in [0.717, 1.165) is 24.0 Å². The number of anilines is 1. The van der Waals surface area contributed by atoms with Gasteiger partial charge in [0, 0.05) is 30.8 Å². The average molecular weight is 434 g/mol. The van der Waals surface area contributed by atoms with Crippen molar-refractivity contribution in [2.45, 2.75) is 44.9 Å². The minimum atomic E-state index is -3.34. The zero-order chi connectivity index (χ0) is 21.4. The van der Waals surface area contributed by atoms with Gasteiger partial charge in [-0.25, -0.2) is 8.42 Å². The summed E-state index contributed by atoms with van der Waals surface area (Å²) >= 11 is 0. The van der Waals surface area contributed by atoms with Gasteiger partial charge >= 0.3 is 0 Å². The van der Waals surface area contributed by atoms with Gasteiger partial charge in [-0.3, -0.25) is 14.3 Å². The monoisotopic (exact) mass is 433 g/mol. The molecule has 0 saturated heterocycles. The minimum absolute atomic E-state index is 0.0994. The van der Waals surface area contributed by atoms with E-state index >= 15 is 0 Å². The van der Waals surface area contributed by atoms with Crippen molar-refractivity contribution in [3.63, 3.8) is 0 Å². The van der Waals surface area contributed by atoms with Crippen LogP contribution in [0, 0.1) is 23.2 Å². The van der Waals surface area contributed by atoms with Gasteiger partial charge in [0.1, 0.15) is 0 Å². The van der Waals surface area contributed by atoms with Crippen LogP contribution in [0.3, 0.4) is 0 Å². The maximum absolute atomic E-state index is 12.5. The number of amides is 2. The van der Waals surface area contributed by atoms with Crippen molar-refractivity contribution < 1.29 is 18.0 Å². The summed E-state index contributed by atoms with van der Waals surface area (Å²) in [6.07, 6.45) is 9.47. The number of hydrogen-bond donors (Lipinski definition) is 3. The molecular weight excluding hydrogens is 402 g/mol. The Kier molecular flexibility index (Phi) is 5.79. The molecule has 0 aliphatic heterocycles. The van der Waals surface area contributed by atoms with Gasteiger partial charge in [-0.15, -0.1) is 0 Å². The first kappa shape index (κ1) is 21.2. The molecule has 0 atom stereocenters. The van der Waals surface area contributed by atoms with Crippen LogP contribution in [0.15, 0.2) is 24.3 Å². The number of carbonyl (C=O) groups excluding carboxylic acids is 2. The van der Waals surface area contributed by atoms with Gasteiger partial charge in [0.15, 0.2) is 0 Å². The Balaban J connectivity index is 1.19. The first-order chi connectivity index (χ1) is 14.2. The van der Waals surface area contributed by atoms with Crippen LogP contribution in [0.5, 0.6) is 0 Å². The molecule has 4 aliphatic carbocycles. The predicted octanol–water partition coefficient (Wildman–Crippen LogP) is 2.51. The second kappa shape index (κ2) is 8.21. The first-order valence-electron chi connectivity index (χ1n) is 10.8. The molecule has 1 aromatic rings. The van der Waals surface area contributed by atoms with E-state index in [9.17, 15) is 18.0 Å². The fourth-order valence-electron chi connectivity index (χ4n) is 6.29. The van der Waals surface area contributed by atoms with Crippen LogP contribution in [0.1, 0.15) is 55.3 Å². The third-order valence-corrected chi connectivity index (χ3v) is 7.49. The molecule has 4 aliphatic rings. The van der Waals surface area contributed by atoms with Crippen LogP contribution in [0.4, 0.5) is 5.69 Å². The Hall–Kier alpha value is -2.09. The molecule has 8 heteroatoms. The first-order valence-corrected chi connectivity index (χ1v) is 12.7. The molecule has 164 valence electrons. The number of carbonyl (C=O) groups is 2. The SMILES string of the molecule is CS(=O)(=O)Nc1ccc(C(=O)NCCNC(=O)CC23CC4CC(CC(C4)C2)C3)cc1. The molecule has 30 heavy (non-hydrogen) atoms. The number of hydrogen-bond acceptors (Lipinski definition) is 4. The Labute approximate surface area is 178 Å². The normalized spacial score (nSPS) is 29.4. The fraction of sp³-hybridized carbons (Fsp3) is 0.636. The van der Waals surface area contributed by atoms with Gasteiger partial charge in [0.25, 0.3) is 5.91 Å². The Morgan fingerprint density at radius 1 is 0.933 bits per heavy atom. The van der Waals surface area contributed by atoms with Gasteiger partial charge < -0.3 is 10.6 Å². The zero-order valence-electron chi connectivity index (χ0n) is 17.4. The molecule has 0 unspecified atom stereocenters. The summed E-state index contributed by atoms with van der Waals surface area (Å²) in [6.45, 7) is 0.763. The van der Waals surface area contributed by atoms with Crippen LogP contribution in [-0.2, 0) is 14.8 Å². The van der Waals surface area contributed by atoms with E-state index in [1.165, 1.54) is 38.5 Å². The number of sulfonamides is 1. The van der Waals surface area contributed by atoms with Crippen molar-refractivity contribution in [3.8, 4) is 0 Å². The van der Waals surface area contributed by atoms with Gasteiger partial charge in [-0.1, -0.05) is 0 Å². The van der Waals surface area contributed by atoms with Crippen molar-refractivity contribution in [3.05, 3.63) is 29.8 Å². The summed E-state index contributed by atoms with van der Waals surface area (Å²) in [5.74, 6) is 2.35. The Bertz CT molecular complexity index is 876. The van der Waals surface area contributed by atoms with Crippen molar-refractivity contribution in [2.75, 3.05) is 24.1 Å². The third kappa shape index (κ3) is 5.14. The lowest BCUT2D eigenvalue weighted by Crippen LogP contribution is -2.48. The van der Waals surface area contributed by atoms with Crippen LogP contribution in [-0.4, -0.2) is 39.6 Å². The highest BCUT2D eigenvalue weighted by molar-refractivity contribution is 7.92. The van der Waals surface area contributed by atoms with Crippen molar-refractivity contribution >= 4 is 27.5 Å². The maximum atomic E-state index is 12.5. The summed E-state index contributed by atoms with van der Waals surface area (Å²) in [7, 11) is -3.34. The summed E-state index contributed by atoms with van der Waals surface area (Å²) in [5.41, 5.74) is 1.07. The van der Waals surface area contributed by atoms with Gasteiger partial charge in [0.2, 0.25) is 15.9 Å². The average Bonchev–Trinajstić information content (AvgIpc) is 2.63. The molecule has 3 N–H and O–H groups in total. The fourth-order valence-corrected chi connectivity index (χ4v) is 6.86. The van der Waals surface area contributed by atoms with Gasteiger partial charge in [-0.05, 0) is 86.0 Å². The predicted molar refractivity (Wildman–Crippen MR) is 115 cm³/mol. The molecule has 0 heterocycles. The lowest BCUT2D eigenvalue weighted by molar-refractivity contribution is -0.129. The molecule has 4 fully saturated rings. The summed E-state index contributed by atoms with van der Waals surface area (Å²) < 4.78 is 24.8. The molecule has 4 bridgehead atoms. The van der Waals surface area contributed by atoms with Crippen LogP contribution >= 0.6 is 0 Å². The van der Waals surface area contributed by atoms with E-state index in [0.29, 0.717) is 30.8 Å². The summed E-state index contributed by atoms with van der Waals surface area (Å²) in [5, 5.41) is 5.76. The Morgan fingerprint density at radius 3 is 2.00 bits per heavy atom. The van der Waals surface area contributed by atoms with E-state index in [1.807, 2.05) is 0 Å². The van der Waals surface area contributed by atoms with E-state index in [-0.39, 0.29) is 17.2 Å². The quantitative estimate of drug-likeness (QED) is 0.548. The molecule has 0 spiro atoms. The molecule has 4 saturated carbocycles. The highest BCUT2D eigenvalue weighted by Crippen LogP contribution is 2.61. The standard InChI is InChI=1S/C22H31N3O4S/c1-30(28,29)25-19-4-2-18(3-5-19)21(27)24-7-6-23-20(26)14-22-11-15-8-16(12-22)10-17(9-15)13-22/h2-5,15-17,25H,6-14H2,1H3,(H,23,26)(H,24,27). The van der Waals surface area contributed by atoms with Crippen molar-refractivity contribution in [1.82, 2.24) is 10.6 Å². The third-order valence-electron chi connectivity index (χ3n) is 6.88. The highest BCUT2D eigenvalue weighted by atomic mass is 32.2. The van der Waals surface area contributed by atoms with E-state index in [2.05, 4.69) is 15.4 Å². The van der Waals surface area contributed by atoms with E-state index in [1.54, 1.807) is 24.3 Å². The number of rotatable bonds is 8. The number of nitrogens with one attached hydrogen (secondary N) is 3. The maximum Gasteiger partial charge on any atom is 0.251 e. The minimum Gasteiger partial charge on any atom is -0.354 e. The van der Waals surface area contributed by atoms with Crippen LogP contribution in [0.25, 0.3) is 0 Å². The second-order valence-electron chi connectivity index (χ2n) is 9.65. The summed E-state index contributed by atoms with van der Waals surface area (Å²) in [4.78, 5) is 24.7. The summed E-state index contributed by atoms with van der Waals surface area (Å²) in [6, 6.07) is 6.22. The highest BCUT2D eigenvalue weighted by Gasteiger charge is 2.51. The Morgan fingerprint density at radius 2 is 1.47 bits per heavy atom. The molecule has 0 radical (unpaired) electrons. The second-order valence-corrected chi connectivity index (χ2v) is 11.4. The van der Waals surface area contributed by atoms with Crippen LogP contribution < -0.4 is 15.4 Å². The largest absolute Gasteiger partial charge is 0.354 e. The molecular formula is C22H31N3O4S. The van der Waals surface area contributed by atoms with Crippen molar-refractivity contribution in [1.29, 1.82) is 0 Å². The van der Waals surface area contributed by atoms with E-state index in [4.69, 9.17) is 0 Å². The molecule has 5 rings (SSSR count). The number of benzene rings is 1. The lowest BCUT2D eigenvalue weighted by Gasteiger charge is -2.56. The van der Waals surface area contributed by atoms with E-state index < -0.39 is 10.0 Å². The molecule has 7 nitrogen and oxygen atoms in total. The van der Waals surface area contributed by atoms with Gasteiger partial charge in [-0.2, -0.15) is 0 Å². The lowest BCUT2D eigenvalue weighted by atomic mass is 9.49.